The first-order valence-corrected chi connectivity index (χ1v) is 8.83. The largest absolute Gasteiger partial charge is 0.482 e. The summed E-state index contributed by atoms with van der Waals surface area (Å²) in [7, 11) is 0. The van der Waals surface area contributed by atoms with Crippen molar-refractivity contribution in [2.24, 2.45) is 5.92 Å². The summed E-state index contributed by atoms with van der Waals surface area (Å²) in [6.07, 6.45) is 0. The van der Waals surface area contributed by atoms with E-state index < -0.39 is 0 Å². The van der Waals surface area contributed by atoms with E-state index in [1.807, 2.05) is 38.1 Å². The van der Waals surface area contributed by atoms with Crippen molar-refractivity contribution in [3.63, 3.8) is 0 Å². The highest BCUT2D eigenvalue weighted by Crippen LogP contribution is 2.29. The summed E-state index contributed by atoms with van der Waals surface area (Å²) >= 11 is 0. The molecular formula is C20H20N4O3. The van der Waals surface area contributed by atoms with Crippen LogP contribution in [0.15, 0.2) is 42.5 Å². The molecule has 7 heteroatoms. The van der Waals surface area contributed by atoms with Crippen molar-refractivity contribution >= 4 is 28.5 Å². The molecule has 2 amide bonds. The highest BCUT2D eigenvalue weighted by molar-refractivity contribution is 6.00. The molecule has 0 bridgehead atoms. The molecule has 4 rings (SSSR count). The number of H-pyrrole nitrogens is 1. The van der Waals surface area contributed by atoms with Gasteiger partial charge in [0.15, 0.2) is 6.61 Å². The number of para-hydroxylation sites is 2. The molecule has 1 unspecified atom stereocenters. The van der Waals surface area contributed by atoms with Crippen LogP contribution in [0.25, 0.3) is 11.0 Å². The van der Waals surface area contributed by atoms with Crippen molar-refractivity contribution in [1.29, 1.82) is 0 Å². The van der Waals surface area contributed by atoms with E-state index in [2.05, 4.69) is 20.6 Å². The van der Waals surface area contributed by atoms with E-state index in [1.165, 1.54) is 0 Å². The molecule has 1 aliphatic heterocycles. The van der Waals surface area contributed by atoms with E-state index in [9.17, 15) is 9.59 Å². The van der Waals surface area contributed by atoms with Crippen LogP contribution < -0.4 is 15.4 Å². The second kappa shape index (κ2) is 6.75. The summed E-state index contributed by atoms with van der Waals surface area (Å²) < 4.78 is 5.33. The molecule has 3 aromatic rings. The molecule has 1 aliphatic rings. The standard InChI is InChI=1S/C20H20N4O3/c1-11(2)18(19-22-13-5-3-4-6-14(13)23-19)24-20(26)12-7-8-16-15(9-12)21-17(25)10-27-16/h3-9,11,18H,10H2,1-2H3,(H,21,25)(H,22,23)(H,24,26). The fourth-order valence-electron chi connectivity index (χ4n) is 3.12. The van der Waals surface area contributed by atoms with Gasteiger partial charge in [0.2, 0.25) is 0 Å². The Balaban J connectivity index is 1.59. The molecule has 0 fully saturated rings. The van der Waals surface area contributed by atoms with E-state index in [0.29, 0.717) is 22.8 Å². The maximum absolute atomic E-state index is 12.8. The number of rotatable bonds is 4. The summed E-state index contributed by atoms with van der Waals surface area (Å²) in [5.41, 5.74) is 2.74. The predicted octanol–water partition coefficient (Wildman–Crippen LogP) is 3.02. The van der Waals surface area contributed by atoms with Gasteiger partial charge in [0, 0.05) is 5.56 Å². The second-order valence-corrected chi connectivity index (χ2v) is 6.88. The van der Waals surface area contributed by atoms with Crippen LogP contribution in [-0.2, 0) is 4.79 Å². The Morgan fingerprint density at radius 1 is 1.22 bits per heavy atom. The number of carbonyl (C=O) groups excluding carboxylic acids is 2. The minimum Gasteiger partial charge on any atom is -0.482 e. The van der Waals surface area contributed by atoms with Crippen LogP contribution in [0.5, 0.6) is 5.75 Å². The van der Waals surface area contributed by atoms with Gasteiger partial charge in [0.1, 0.15) is 11.6 Å². The first-order chi connectivity index (χ1) is 13.0. The normalized spacial score (nSPS) is 14.4. The third kappa shape index (κ3) is 3.36. The number of carbonyl (C=O) groups is 2. The quantitative estimate of drug-likeness (QED) is 0.663. The molecule has 3 N–H and O–H groups in total. The Morgan fingerprint density at radius 2 is 2.04 bits per heavy atom. The Hall–Kier alpha value is -3.35. The van der Waals surface area contributed by atoms with Crippen LogP contribution in [0.1, 0.15) is 36.1 Å². The average Bonchev–Trinajstić information content (AvgIpc) is 3.08. The molecule has 1 atom stereocenters. The van der Waals surface area contributed by atoms with E-state index in [0.717, 1.165) is 11.0 Å². The van der Waals surface area contributed by atoms with E-state index in [-0.39, 0.29) is 30.4 Å². The van der Waals surface area contributed by atoms with Gasteiger partial charge in [-0.3, -0.25) is 9.59 Å². The van der Waals surface area contributed by atoms with Gasteiger partial charge in [0.25, 0.3) is 11.8 Å². The molecule has 1 aromatic heterocycles. The third-order valence-corrected chi connectivity index (χ3v) is 4.53. The summed E-state index contributed by atoms with van der Waals surface area (Å²) in [5, 5.41) is 5.76. The molecule has 2 heterocycles. The lowest BCUT2D eigenvalue weighted by Crippen LogP contribution is -2.33. The van der Waals surface area contributed by atoms with Crippen molar-refractivity contribution in [3.8, 4) is 5.75 Å². The SMILES string of the molecule is CC(C)C(NC(=O)c1ccc2c(c1)NC(=O)CO2)c1nc2ccccc2[nH]1. The van der Waals surface area contributed by atoms with Crippen molar-refractivity contribution < 1.29 is 14.3 Å². The zero-order chi connectivity index (χ0) is 19.0. The van der Waals surface area contributed by atoms with Crippen LogP contribution >= 0.6 is 0 Å². The lowest BCUT2D eigenvalue weighted by molar-refractivity contribution is -0.118. The number of aromatic amines is 1. The Labute approximate surface area is 156 Å². The lowest BCUT2D eigenvalue weighted by atomic mass is 10.0. The number of hydrogen-bond acceptors (Lipinski definition) is 4. The minimum absolute atomic E-state index is 0.0139. The maximum Gasteiger partial charge on any atom is 0.262 e. The number of benzene rings is 2. The number of amides is 2. The number of ether oxygens (including phenoxy) is 1. The van der Waals surface area contributed by atoms with E-state index >= 15 is 0 Å². The van der Waals surface area contributed by atoms with E-state index in [4.69, 9.17) is 4.74 Å². The van der Waals surface area contributed by atoms with Crippen LogP contribution in [0.2, 0.25) is 0 Å². The van der Waals surface area contributed by atoms with Crippen LogP contribution in [0.4, 0.5) is 5.69 Å². The van der Waals surface area contributed by atoms with Crippen molar-refractivity contribution in [2.45, 2.75) is 19.9 Å². The van der Waals surface area contributed by atoms with Gasteiger partial charge in [-0.15, -0.1) is 0 Å². The molecule has 0 saturated heterocycles. The molecule has 0 spiro atoms. The van der Waals surface area contributed by atoms with Crippen LogP contribution in [0.3, 0.4) is 0 Å². The molecule has 138 valence electrons. The summed E-state index contributed by atoms with van der Waals surface area (Å²) in [4.78, 5) is 32.2. The predicted molar refractivity (Wildman–Crippen MR) is 102 cm³/mol. The van der Waals surface area contributed by atoms with Gasteiger partial charge >= 0.3 is 0 Å². The number of nitrogens with zero attached hydrogens (tertiary/aromatic N) is 1. The number of fused-ring (bicyclic) bond motifs is 2. The fourth-order valence-corrected chi connectivity index (χ4v) is 3.12. The zero-order valence-electron chi connectivity index (χ0n) is 15.1. The first-order valence-electron chi connectivity index (χ1n) is 8.83. The zero-order valence-corrected chi connectivity index (χ0v) is 15.1. The maximum atomic E-state index is 12.8. The van der Waals surface area contributed by atoms with Crippen molar-refractivity contribution in [3.05, 3.63) is 53.9 Å². The summed E-state index contributed by atoms with van der Waals surface area (Å²) in [5.74, 6) is 0.937. The van der Waals surface area contributed by atoms with Gasteiger partial charge in [-0.1, -0.05) is 26.0 Å². The van der Waals surface area contributed by atoms with Gasteiger partial charge < -0.3 is 20.4 Å². The molecular weight excluding hydrogens is 344 g/mol. The van der Waals surface area contributed by atoms with Crippen molar-refractivity contribution in [1.82, 2.24) is 15.3 Å². The first kappa shape index (κ1) is 17.1. The summed E-state index contributed by atoms with van der Waals surface area (Å²) in [6.45, 7) is 4.04. The van der Waals surface area contributed by atoms with Gasteiger partial charge in [-0.05, 0) is 36.2 Å². The lowest BCUT2D eigenvalue weighted by Gasteiger charge is -2.22. The Kier molecular flexibility index (Phi) is 4.27. The number of nitrogens with one attached hydrogen (secondary N) is 3. The smallest absolute Gasteiger partial charge is 0.262 e. The Morgan fingerprint density at radius 3 is 2.81 bits per heavy atom. The number of imidazole rings is 1. The molecule has 0 aliphatic carbocycles. The molecule has 7 nitrogen and oxygen atoms in total. The highest BCUT2D eigenvalue weighted by atomic mass is 16.5. The molecule has 2 aromatic carbocycles. The van der Waals surface area contributed by atoms with Crippen LogP contribution in [0, 0.1) is 5.92 Å². The third-order valence-electron chi connectivity index (χ3n) is 4.53. The second-order valence-electron chi connectivity index (χ2n) is 6.88. The highest BCUT2D eigenvalue weighted by Gasteiger charge is 2.24. The van der Waals surface area contributed by atoms with Gasteiger partial charge in [-0.25, -0.2) is 4.98 Å². The monoisotopic (exact) mass is 364 g/mol. The number of aromatic nitrogens is 2. The topological polar surface area (TPSA) is 96.1 Å². The molecule has 27 heavy (non-hydrogen) atoms. The van der Waals surface area contributed by atoms with Crippen LogP contribution in [-0.4, -0.2) is 28.4 Å². The van der Waals surface area contributed by atoms with Crippen molar-refractivity contribution in [2.75, 3.05) is 11.9 Å². The van der Waals surface area contributed by atoms with Gasteiger partial charge in [-0.2, -0.15) is 0 Å². The average molecular weight is 364 g/mol. The Bertz CT molecular complexity index is 992. The minimum atomic E-state index is -0.272. The number of anilines is 1. The molecule has 0 saturated carbocycles. The summed E-state index contributed by atoms with van der Waals surface area (Å²) in [6, 6.07) is 12.5. The number of hydrogen-bond donors (Lipinski definition) is 3. The molecule has 0 radical (unpaired) electrons. The van der Waals surface area contributed by atoms with Gasteiger partial charge in [0.05, 0.1) is 22.8 Å². The fraction of sp³-hybridized carbons (Fsp3) is 0.250. The van der Waals surface area contributed by atoms with E-state index in [1.54, 1.807) is 18.2 Å².